The molecule has 8 heteroatoms. The van der Waals surface area contributed by atoms with Crippen molar-refractivity contribution in [2.75, 3.05) is 19.1 Å². The van der Waals surface area contributed by atoms with Crippen molar-refractivity contribution < 1.29 is 9.53 Å². The number of carbonyl (C=O) groups is 1. The van der Waals surface area contributed by atoms with Crippen molar-refractivity contribution in [3.63, 3.8) is 0 Å². The summed E-state index contributed by atoms with van der Waals surface area (Å²) in [6, 6.07) is 7.76. The summed E-state index contributed by atoms with van der Waals surface area (Å²) in [5.74, 6) is 2.48. The predicted molar refractivity (Wildman–Crippen MR) is 106 cm³/mol. The lowest BCUT2D eigenvalue weighted by Gasteiger charge is -2.15. The van der Waals surface area contributed by atoms with Crippen molar-refractivity contribution in [2.45, 2.75) is 44.8 Å². The summed E-state index contributed by atoms with van der Waals surface area (Å²) in [5.41, 5.74) is 0.880. The zero-order valence-electron chi connectivity index (χ0n) is 15.8. The molecule has 0 radical (unpaired) electrons. The fourth-order valence-electron chi connectivity index (χ4n) is 3.31. The Bertz CT molecular complexity index is 846. The molecule has 1 N–H and O–H groups in total. The van der Waals surface area contributed by atoms with Gasteiger partial charge in [-0.15, -0.1) is 0 Å². The molecule has 0 bridgehead atoms. The average Bonchev–Trinajstić information content (AvgIpc) is 2.84. The van der Waals surface area contributed by atoms with E-state index in [1.165, 1.54) is 4.68 Å². The maximum absolute atomic E-state index is 12.7. The molecule has 0 spiro atoms. The van der Waals surface area contributed by atoms with Gasteiger partial charge in [-0.05, 0) is 36.8 Å². The SMILES string of the molecule is COc1cccc(Cn2nc3n(c2=O)CCC(NC(=O)CCSC)CC3)c1. The summed E-state index contributed by atoms with van der Waals surface area (Å²) < 4.78 is 8.50. The Morgan fingerprint density at radius 3 is 3.04 bits per heavy atom. The van der Waals surface area contributed by atoms with Crippen molar-refractivity contribution in [1.82, 2.24) is 19.7 Å². The molecule has 1 atom stereocenters. The van der Waals surface area contributed by atoms with E-state index >= 15 is 0 Å². The van der Waals surface area contributed by atoms with Gasteiger partial charge in [-0.3, -0.25) is 9.36 Å². The molecule has 2 aromatic rings. The van der Waals surface area contributed by atoms with Crippen molar-refractivity contribution in [3.05, 3.63) is 46.1 Å². The largest absolute Gasteiger partial charge is 0.497 e. The Labute approximate surface area is 163 Å². The molecular weight excluding hydrogens is 364 g/mol. The minimum atomic E-state index is -0.0952. The third-order valence-corrected chi connectivity index (χ3v) is 5.39. The number of carbonyl (C=O) groups excluding carboxylic acids is 1. The minimum absolute atomic E-state index is 0.0873. The molecule has 1 aliphatic rings. The van der Waals surface area contributed by atoms with Gasteiger partial charge >= 0.3 is 5.69 Å². The van der Waals surface area contributed by atoms with Gasteiger partial charge in [0.25, 0.3) is 0 Å². The third-order valence-electron chi connectivity index (χ3n) is 4.78. The second kappa shape index (κ2) is 9.12. The molecule has 1 aromatic carbocycles. The fourth-order valence-corrected chi connectivity index (χ4v) is 3.70. The monoisotopic (exact) mass is 390 g/mol. The fraction of sp³-hybridized carbons (Fsp3) is 0.526. The Hall–Kier alpha value is -2.22. The molecule has 1 unspecified atom stereocenters. The van der Waals surface area contributed by atoms with Crippen LogP contribution in [0, 0.1) is 0 Å². The number of hydrogen-bond acceptors (Lipinski definition) is 5. The molecule has 3 rings (SSSR count). The normalized spacial score (nSPS) is 16.4. The van der Waals surface area contributed by atoms with Crippen LogP contribution in [0.4, 0.5) is 0 Å². The first-order valence-electron chi connectivity index (χ1n) is 9.18. The zero-order chi connectivity index (χ0) is 19.2. The highest BCUT2D eigenvalue weighted by Gasteiger charge is 2.22. The molecular formula is C19H26N4O3S. The first-order valence-corrected chi connectivity index (χ1v) is 10.6. The van der Waals surface area contributed by atoms with Crippen LogP contribution >= 0.6 is 11.8 Å². The number of methoxy groups -OCH3 is 1. The lowest BCUT2D eigenvalue weighted by Crippen LogP contribution is -2.36. The van der Waals surface area contributed by atoms with Crippen molar-refractivity contribution in [1.29, 1.82) is 0 Å². The van der Waals surface area contributed by atoms with Gasteiger partial charge in [0.15, 0.2) is 0 Å². The molecule has 2 heterocycles. The van der Waals surface area contributed by atoms with E-state index in [4.69, 9.17) is 4.74 Å². The molecule has 0 saturated carbocycles. The molecule has 0 aliphatic carbocycles. The van der Waals surface area contributed by atoms with Crippen LogP contribution in [0.25, 0.3) is 0 Å². The lowest BCUT2D eigenvalue weighted by molar-refractivity contribution is -0.121. The number of fused-ring (bicyclic) bond motifs is 1. The second-order valence-corrected chi connectivity index (χ2v) is 7.68. The number of nitrogens with zero attached hydrogens (tertiary/aromatic N) is 3. The van der Waals surface area contributed by atoms with E-state index in [1.807, 2.05) is 30.5 Å². The maximum Gasteiger partial charge on any atom is 0.346 e. The van der Waals surface area contributed by atoms with E-state index in [0.29, 0.717) is 25.9 Å². The van der Waals surface area contributed by atoms with Crippen LogP contribution in [0.1, 0.15) is 30.7 Å². The van der Waals surface area contributed by atoms with Crippen LogP contribution in [0.3, 0.4) is 0 Å². The van der Waals surface area contributed by atoms with E-state index in [0.717, 1.165) is 35.7 Å². The predicted octanol–water partition coefficient (Wildman–Crippen LogP) is 1.68. The summed E-state index contributed by atoms with van der Waals surface area (Å²) in [4.78, 5) is 24.7. The first-order chi connectivity index (χ1) is 13.1. The summed E-state index contributed by atoms with van der Waals surface area (Å²) in [6.45, 7) is 1.00. The highest BCUT2D eigenvalue weighted by Crippen LogP contribution is 2.15. The molecule has 27 heavy (non-hydrogen) atoms. The van der Waals surface area contributed by atoms with E-state index in [-0.39, 0.29) is 17.6 Å². The zero-order valence-corrected chi connectivity index (χ0v) is 16.6. The van der Waals surface area contributed by atoms with Gasteiger partial charge in [-0.2, -0.15) is 16.9 Å². The van der Waals surface area contributed by atoms with Crippen LogP contribution in [0.15, 0.2) is 29.1 Å². The summed E-state index contributed by atoms with van der Waals surface area (Å²) in [6.07, 6.45) is 4.78. The van der Waals surface area contributed by atoms with Crippen LogP contribution < -0.4 is 15.7 Å². The van der Waals surface area contributed by atoms with E-state index in [2.05, 4.69) is 10.4 Å². The van der Waals surface area contributed by atoms with Gasteiger partial charge in [0.05, 0.1) is 13.7 Å². The number of aryl methyl sites for hydroxylation is 1. The van der Waals surface area contributed by atoms with Crippen molar-refractivity contribution >= 4 is 17.7 Å². The van der Waals surface area contributed by atoms with Crippen LogP contribution in [0.2, 0.25) is 0 Å². The van der Waals surface area contributed by atoms with Gasteiger partial charge in [0.2, 0.25) is 5.91 Å². The highest BCUT2D eigenvalue weighted by molar-refractivity contribution is 7.98. The summed E-state index contributed by atoms with van der Waals surface area (Å²) >= 11 is 1.67. The van der Waals surface area contributed by atoms with E-state index in [9.17, 15) is 9.59 Å². The van der Waals surface area contributed by atoms with Crippen LogP contribution in [-0.2, 0) is 24.3 Å². The van der Waals surface area contributed by atoms with Crippen LogP contribution in [0.5, 0.6) is 5.75 Å². The lowest BCUT2D eigenvalue weighted by atomic mass is 10.1. The number of nitrogens with one attached hydrogen (secondary N) is 1. The molecule has 146 valence electrons. The Morgan fingerprint density at radius 1 is 1.41 bits per heavy atom. The highest BCUT2D eigenvalue weighted by atomic mass is 32.2. The molecule has 1 amide bonds. The number of hydrogen-bond donors (Lipinski definition) is 1. The minimum Gasteiger partial charge on any atom is -0.497 e. The summed E-state index contributed by atoms with van der Waals surface area (Å²) in [5, 5.41) is 7.62. The van der Waals surface area contributed by atoms with Gasteiger partial charge in [-0.1, -0.05) is 12.1 Å². The second-order valence-electron chi connectivity index (χ2n) is 6.69. The number of benzene rings is 1. The third kappa shape index (κ3) is 4.94. The molecule has 0 saturated heterocycles. The quantitative estimate of drug-likeness (QED) is 0.778. The Balaban J connectivity index is 1.66. The standard InChI is InChI=1S/C19H26N4O3S/c1-26-16-5-3-4-14(12-16)13-23-19(25)22-10-8-15(6-7-17(22)21-23)20-18(24)9-11-27-2/h3-5,12,15H,6-11,13H2,1-2H3,(H,20,24). The number of aromatic nitrogens is 3. The van der Waals surface area contributed by atoms with Crippen LogP contribution in [-0.4, -0.2) is 45.4 Å². The van der Waals surface area contributed by atoms with Crippen molar-refractivity contribution in [3.8, 4) is 5.75 Å². The van der Waals surface area contributed by atoms with Gasteiger partial charge in [0, 0.05) is 31.2 Å². The number of ether oxygens (including phenoxy) is 1. The first kappa shape index (κ1) is 19.5. The Morgan fingerprint density at radius 2 is 2.26 bits per heavy atom. The topological polar surface area (TPSA) is 78.2 Å². The van der Waals surface area contributed by atoms with E-state index < -0.39 is 0 Å². The Kier molecular flexibility index (Phi) is 6.60. The van der Waals surface area contributed by atoms with Gasteiger partial charge in [0.1, 0.15) is 11.6 Å². The maximum atomic E-state index is 12.7. The summed E-state index contributed by atoms with van der Waals surface area (Å²) in [7, 11) is 1.63. The van der Waals surface area contributed by atoms with E-state index in [1.54, 1.807) is 23.4 Å². The number of thioether (sulfide) groups is 1. The molecule has 1 aliphatic heterocycles. The van der Waals surface area contributed by atoms with Gasteiger partial charge < -0.3 is 10.1 Å². The molecule has 1 aromatic heterocycles. The van der Waals surface area contributed by atoms with Crippen molar-refractivity contribution in [2.24, 2.45) is 0 Å². The molecule has 0 fully saturated rings. The number of rotatable bonds is 7. The number of amides is 1. The average molecular weight is 391 g/mol. The van der Waals surface area contributed by atoms with Gasteiger partial charge in [-0.25, -0.2) is 9.48 Å². The molecule has 7 nitrogen and oxygen atoms in total. The smallest absolute Gasteiger partial charge is 0.346 e.